The van der Waals surface area contributed by atoms with E-state index in [2.05, 4.69) is 0 Å². The van der Waals surface area contributed by atoms with Gasteiger partial charge in [0.1, 0.15) is 0 Å². The highest BCUT2D eigenvalue weighted by molar-refractivity contribution is 5.76. The van der Waals surface area contributed by atoms with E-state index >= 15 is 0 Å². The molecule has 2 aliphatic rings. The lowest BCUT2D eigenvalue weighted by Crippen LogP contribution is -2.43. The Morgan fingerprint density at radius 1 is 1.05 bits per heavy atom. The molecule has 1 atom stereocenters. The van der Waals surface area contributed by atoms with Crippen LogP contribution in [-0.2, 0) is 4.79 Å². The van der Waals surface area contributed by atoms with E-state index in [1.54, 1.807) is 0 Å². The van der Waals surface area contributed by atoms with E-state index in [0.717, 1.165) is 19.3 Å². The lowest BCUT2D eigenvalue weighted by atomic mass is 9.82. The second-order valence-electron chi connectivity index (χ2n) is 7.20. The molecule has 22 heavy (non-hydrogen) atoms. The van der Waals surface area contributed by atoms with E-state index < -0.39 is 0 Å². The average Bonchev–Trinajstić information content (AvgIpc) is 2.58. The molecule has 128 valence electrons. The van der Waals surface area contributed by atoms with Crippen LogP contribution in [0.1, 0.15) is 77.0 Å². The van der Waals surface area contributed by atoms with Crippen LogP contribution < -0.4 is 5.73 Å². The van der Waals surface area contributed by atoms with Crippen LogP contribution in [-0.4, -0.2) is 41.1 Å². The van der Waals surface area contributed by atoms with Gasteiger partial charge >= 0.3 is 0 Å². The zero-order valence-electron chi connectivity index (χ0n) is 14.0. The fourth-order valence-electron chi connectivity index (χ4n) is 4.24. The van der Waals surface area contributed by atoms with Crippen LogP contribution in [0.4, 0.5) is 0 Å². The molecular weight excluding hydrogens is 276 g/mol. The first-order valence-corrected chi connectivity index (χ1v) is 9.38. The maximum absolute atomic E-state index is 12.6. The van der Waals surface area contributed by atoms with E-state index in [4.69, 9.17) is 5.73 Å². The number of rotatable bonds is 7. The molecule has 0 aliphatic heterocycles. The fraction of sp³-hybridized carbons (Fsp3) is 0.944. The molecule has 0 radical (unpaired) electrons. The minimum Gasteiger partial charge on any atom is -0.395 e. The van der Waals surface area contributed by atoms with Gasteiger partial charge in [0.15, 0.2) is 0 Å². The van der Waals surface area contributed by atoms with E-state index in [1.807, 2.05) is 4.90 Å². The highest BCUT2D eigenvalue weighted by Gasteiger charge is 2.26. The second kappa shape index (κ2) is 9.51. The van der Waals surface area contributed by atoms with Gasteiger partial charge < -0.3 is 15.7 Å². The Labute approximate surface area is 135 Å². The number of carbonyl (C=O) groups excluding carboxylic acids is 1. The third-order valence-electron chi connectivity index (χ3n) is 5.62. The number of carbonyl (C=O) groups is 1. The zero-order chi connectivity index (χ0) is 15.8. The van der Waals surface area contributed by atoms with Gasteiger partial charge in [0.05, 0.1) is 6.61 Å². The largest absolute Gasteiger partial charge is 0.395 e. The molecule has 4 heteroatoms. The molecule has 4 nitrogen and oxygen atoms in total. The molecule has 0 bridgehead atoms. The van der Waals surface area contributed by atoms with Crippen LogP contribution in [0.5, 0.6) is 0 Å². The molecule has 1 amide bonds. The maximum Gasteiger partial charge on any atom is 0.222 e. The van der Waals surface area contributed by atoms with Crippen molar-refractivity contribution in [1.29, 1.82) is 0 Å². The molecule has 0 heterocycles. The number of aliphatic hydroxyl groups excluding tert-OH is 1. The van der Waals surface area contributed by atoms with Crippen molar-refractivity contribution in [1.82, 2.24) is 4.90 Å². The number of hydrogen-bond donors (Lipinski definition) is 2. The molecule has 0 aromatic rings. The third kappa shape index (κ3) is 5.24. The normalized spacial score (nSPS) is 22.5. The van der Waals surface area contributed by atoms with E-state index in [-0.39, 0.29) is 18.6 Å². The summed E-state index contributed by atoms with van der Waals surface area (Å²) in [4.78, 5) is 14.5. The Balaban J connectivity index is 1.79. The Morgan fingerprint density at radius 3 is 2.23 bits per heavy atom. The van der Waals surface area contributed by atoms with Gasteiger partial charge in [0.2, 0.25) is 5.91 Å². The third-order valence-corrected chi connectivity index (χ3v) is 5.62. The van der Waals surface area contributed by atoms with Crippen molar-refractivity contribution >= 4 is 5.91 Å². The van der Waals surface area contributed by atoms with Crippen LogP contribution in [0, 0.1) is 5.92 Å². The molecule has 2 aliphatic carbocycles. The summed E-state index contributed by atoms with van der Waals surface area (Å²) in [6.45, 7) is 0.555. The van der Waals surface area contributed by atoms with Gasteiger partial charge in [-0.3, -0.25) is 4.79 Å². The van der Waals surface area contributed by atoms with Crippen molar-refractivity contribution < 1.29 is 9.90 Å². The van der Waals surface area contributed by atoms with Crippen LogP contribution in [0.25, 0.3) is 0 Å². The summed E-state index contributed by atoms with van der Waals surface area (Å²) in [7, 11) is 0. The monoisotopic (exact) mass is 310 g/mol. The highest BCUT2D eigenvalue weighted by atomic mass is 16.3. The molecule has 2 saturated carbocycles. The molecule has 2 fully saturated rings. The molecule has 0 spiro atoms. The predicted octanol–water partition coefficient (Wildman–Crippen LogP) is 2.83. The Morgan fingerprint density at radius 2 is 1.64 bits per heavy atom. The summed E-state index contributed by atoms with van der Waals surface area (Å²) in [5, 5.41) is 9.28. The Kier molecular flexibility index (Phi) is 7.67. The molecule has 1 unspecified atom stereocenters. The van der Waals surface area contributed by atoms with Crippen molar-refractivity contribution in [2.45, 2.75) is 89.1 Å². The minimum atomic E-state index is 0.0664. The van der Waals surface area contributed by atoms with Gasteiger partial charge in [0.25, 0.3) is 0 Å². The first-order valence-electron chi connectivity index (χ1n) is 9.38. The van der Waals surface area contributed by atoms with Gasteiger partial charge in [-0.15, -0.1) is 0 Å². The minimum absolute atomic E-state index is 0.0664. The van der Waals surface area contributed by atoms with Crippen LogP contribution >= 0.6 is 0 Å². The molecule has 0 aromatic heterocycles. The fourth-order valence-corrected chi connectivity index (χ4v) is 4.24. The standard InChI is InChI=1S/C18H34N2O2/c19-17(15-7-3-1-4-8-15)11-12-18(22)20(13-14-21)16-9-5-2-6-10-16/h15-17,21H,1-14,19H2. The summed E-state index contributed by atoms with van der Waals surface area (Å²) in [6, 6.07) is 0.519. The number of nitrogens with two attached hydrogens (primary N) is 1. The number of nitrogens with zero attached hydrogens (tertiary/aromatic N) is 1. The first kappa shape index (κ1) is 17.7. The summed E-state index contributed by atoms with van der Waals surface area (Å²) >= 11 is 0. The maximum atomic E-state index is 12.6. The number of hydrogen-bond acceptors (Lipinski definition) is 3. The van der Waals surface area contributed by atoms with Gasteiger partial charge in [-0.2, -0.15) is 0 Å². The molecule has 0 saturated heterocycles. The summed E-state index contributed by atoms with van der Waals surface area (Å²) in [5.41, 5.74) is 6.33. The van der Waals surface area contributed by atoms with Gasteiger partial charge in [0, 0.05) is 25.0 Å². The molecular formula is C18H34N2O2. The lowest BCUT2D eigenvalue weighted by Gasteiger charge is -2.35. The molecule has 0 aromatic carbocycles. The predicted molar refractivity (Wildman–Crippen MR) is 89.5 cm³/mol. The van der Waals surface area contributed by atoms with Gasteiger partial charge in [-0.1, -0.05) is 38.5 Å². The Bertz CT molecular complexity index is 323. The van der Waals surface area contributed by atoms with Crippen molar-refractivity contribution in [2.24, 2.45) is 11.7 Å². The van der Waals surface area contributed by atoms with Crippen LogP contribution in [0.2, 0.25) is 0 Å². The van der Waals surface area contributed by atoms with Gasteiger partial charge in [-0.05, 0) is 38.0 Å². The smallest absolute Gasteiger partial charge is 0.222 e. The van der Waals surface area contributed by atoms with Crippen LogP contribution in [0.15, 0.2) is 0 Å². The zero-order valence-corrected chi connectivity index (χ0v) is 14.0. The van der Waals surface area contributed by atoms with Crippen molar-refractivity contribution in [3.8, 4) is 0 Å². The first-order chi connectivity index (χ1) is 10.7. The highest BCUT2D eigenvalue weighted by Crippen LogP contribution is 2.28. The quantitative estimate of drug-likeness (QED) is 0.760. The molecule has 3 N–H and O–H groups in total. The van der Waals surface area contributed by atoms with Crippen molar-refractivity contribution in [3.63, 3.8) is 0 Å². The van der Waals surface area contributed by atoms with Crippen LogP contribution in [0.3, 0.4) is 0 Å². The number of aliphatic hydroxyl groups is 1. The molecule has 2 rings (SSSR count). The van der Waals surface area contributed by atoms with E-state index in [0.29, 0.717) is 24.9 Å². The Hall–Kier alpha value is -0.610. The topological polar surface area (TPSA) is 66.6 Å². The number of amides is 1. The van der Waals surface area contributed by atoms with E-state index in [9.17, 15) is 9.90 Å². The SMILES string of the molecule is NC(CCC(=O)N(CCO)C1CCCCC1)C1CCCCC1. The van der Waals surface area contributed by atoms with Gasteiger partial charge in [-0.25, -0.2) is 0 Å². The average molecular weight is 310 g/mol. The van der Waals surface area contributed by atoms with E-state index in [1.165, 1.54) is 51.4 Å². The van der Waals surface area contributed by atoms with Crippen molar-refractivity contribution in [3.05, 3.63) is 0 Å². The second-order valence-corrected chi connectivity index (χ2v) is 7.20. The lowest BCUT2D eigenvalue weighted by molar-refractivity contribution is -0.135. The van der Waals surface area contributed by atoms with Crippen molar-refractivity contribution in [2.75, 3.05) is 13.2 Å². The summed E-state index contributed by atoms with van der Waals surface area (Å²) in [6.07, 6.45) is 13.7. The summed E-state index contributed by atoms with van der Waals surface area (Å²) in [5.74, 6) is 0.815. The summed E-state index contributed by atoms with van der Waals surface area (Å²) < 4.78 is 0.